The minimum atomic E-state index is -2.15. The van der Waals surface area contributed by atoms with Crippen molar-refractivity contribution in [2.45, 2.75) is 6.85 Å². The van der Waals surface area contributed by atoms with Gasteiger partial charge in [-0.2, -0.15) is 0 Å². The number of imidazole rings is 1. The normalized spacial score (nSPS) is 12.7. The molecule has 0 amide bonds. The topological polar surface area (TPSA) is 17.8 Å². The van der Waals surface area contributed by atoms with Crippen molar-refractivity contribution in [3.8, 4) is 50.5 Å². The van der Waals surface area contributed by atoms with Gasteiger partial charge in [0.15, 0.2) is 0 Å². The molecule has 0 aliphatic rings. The number of aryl methyl sites for hydroxylation is 1. The van der Waals surface area contributed by atoms with Crippen LogP contribution in [0.4, 0.5) is 0 Å². The number of hydrogen-bond acceptors (Lipinski definition) is 2. The average molecular weight is 622 g/mol. The van der Waals surface area contributed by atoms with E-state index in [-0.39, 0.29) is 0 Å². The number of nitrogens with zero attached hydrogens (tertiary/aromatic N) is 2. The molecule has 0 fully saturated rings. The lowest BCUT2D eigenvalue weighted by molar-refractivity contribution is 1.11. The minimum Gasteiger partial charge on any atom is -0.292 e. The maximum Gasteiger partial charge on any atom is 0.147 e. The molecule has 0 saturated heterocycles. The zero-order valence-electron chi connectivity index (χ0n) is 28.4. The molecule has 0 spiro atoms. The fraction of sp³-hybridized carbons (Fsp3) is 0.0227. The van der Waals surface area contributed by atoms with E-state index in [1.807, 2.05) is 30.3 Å². The Morgan fingerprint density at radius 2 is 1.17 bits per heavy atom. The zero-order valence-corrected chi connectivity index (χ0v) is 26.2. The summed E-state index contributed by atoms with van der Waals surface area (Å²) in [5, 5.41) is 2.30. The van der Waals surface area contributed by atoms with E-state index in [2.05, 4.69) is 126 Å². The van der Waals surface area contributed by atoms with Gasteiger partial charge in [-0.05, 0) is 76.6 Å². The molecule has 0 radical (unpaired) electrons. The monoisotopic (exact) mass is 621 g/mol. The van der Waals surface area contributed by atoms with Crippen LogP contribution in [0, 0.1) is 6.85 Å². The summed E-state index contributed by atoms with van der Waals surface area (Å²) in [6.45, 7) is -2.15. The van der Waals surface area contributed by atoms with Gasteiger partial charge in [-0.3, -0.25) is 4.57 Å². The summed E-state index contributed by atoms with van der Waals surface area (Å²) < 4.78 is 28.3. The predicted octanol–water partition coefficient (Wildman–Crippen LogP) is 12.4. The third kappa shape index (κ3) is 4.75. The van der Waals surface area contributed by atoms with Crippen molar-refractivity contribution >= 4 is 42.5 Å². The highest BCUT2D eigenvalue weighted by atomic mass is 32.1. The van der Waals surface area contributed by atoms with E-state index in [9.17, 15) is 0 Å². The molecule has 0 bridgehead atoms. The van der Waals surface area contributed by atoms with Crippen molar-refractivity contribution in [1.29, 1.82) is 0 Å². The first-order valence-electron chi connectivity index (χ1n) is 17.2. The SMILES string of the molecule is [2H]C([2H])([2H])c1ccc(-c2ccc(-c3nc4ccccc4n3-c3ccc(-c4ccccc4)cc3)c3sc4cc(-c5ccccc5)ccc4c23)cc1. The van der Waals surface area contributed by atoms with Crippen molar-refractivity contribution in [3.05, 3.63) is 169 Å². The lowest BCUT2D eigenvalue weighted by atomic mass is 9.95. The zero-order chi connectivity index (χ0) is 33.8. The van der Waals surface area contributed by atoms with Crippen LogP contribution in [0.2, 0.25) is 0 Å². The second-order valence-corrected chi connectivity index (χ2v) is 12.8. The first-order chi connectivity index (χ1) is 24.4. The molecule has 0 aliphatic heterocycles. The summed E-state index contributed by atoms with van der Waals surface area (Å²) >= 11 is 1.78. The average Bonchev–Trinajstić information content (AvgIpc) is 3.74. The van der Waals surface area contributed by atoms with Crippen molar-refractivity contribution in [1.82, 2.24) is 9.55 Å². The van der Waals surface area contributed by atoms with Crippen LogP contribution in [0.25, 0.3) is 81.7 Å². The molecule has 2 aromatic heterocycles. The van der Waals surface area contributed by atoms with Gasteiger partial charge in [0.25, 0.3) is 0 Å². The van der Waals surface area contributed by atoms with Gasteiger partial charge in [-0.15, -0.1) is 11.3 Å². The summed E-state index contributed by atoms with van der Waals surface area (Å²) in [4.78, 5) is 5.27. The van der Waals surface area contributed by atoms with E-state index in [0.717, 1.165) is 60.3 Å². The van der Waals surface area contributed by atoms with Gasteiger partial charge in [0, 0.05) is 35.5 Å². The Balaban J connectivity index is 1.28. The number of benzene rings is 7. The molecule has 9 aromatic rings. The van der Waals surface area contributed by atoms with Gasteiger partial charge >= 0.3 is 0 Å². The molecular weight excluding hydrogens is 589 g/mol. The van der Waals surface area contributed by atoms with E-state index >= 15 is 0 Å². The highest BCUT2D eigenvalue weighted by molar-refractivity contribution is 7.26. The molecule has 9 rings (SSSR count). The summed E-state index contributed by atoms with van der Waals surface area (Å²) in [5.74, 6) is 0.878. The number of aromatic nitrogens is 2. The van der Waals surface area contributed by atoms with Crippen LogP contribution in [-0.2, 0) is 0 Å². The van der Waals surface area contributed by atoms with Gasteiger partial charge in [-0.1, -0.05) is 133 Å². The van der Waals surface area contributed by atoms with Crippen LogP contribution in [0.15, 0.2) is 164 Å². The minimum absolute atomic E-state index is 0.337. The molecule has 7 aromatic carbocycles. The Kier molecular flexibility index (Phi) is 5.85. The Bertz CT molecular complexity index is 2660. The number of fused-ring (bicyclic) bond motifs is 4. The molecule has 3 heteroatoms. The molecule has 0 saturated carbocycles. The summed E-state index contributed by atoms with van der Waals surface area (Å²) in [6, 6.07) is 56.3. The molecule has 222 valence electrons. The fourth-order valence-corrected chi connectivity index (χ4v) is 7.93. The molecule has 2 heterocycles. The van der Waals surface area contributed by atoms with Gasteiger partial charge in [0.05, 0.1) is 11.0 Å². The molecule has 0 unspecified atom stereocenters. The van der Waals surface area contributed by atoms with E-state index in [4.69, 9.17) is 9.10 Å². The standard InChI is InChI=1S/C44H30N2S/c1-29-16-18-33(19-17-29)36-26-27-38(43-42(36)37-25-22-34(28-41(37)47-43)31-12-6-3-7-13-31)44-45-39-14-8-9-15-40(39)46(44)35-23-20-32(21-24-35)30-10-4-2-5-11-30/h2-28H,1H3/i1D3. The molecule has 2 nitrogen and oxygen atoms in total. The summed E-state index contributed by atoms with van der Waals surface area (Å²) in [7, 11) is 0. The highest BCUT2D eigenvalue weighted by Crippen LogP contribution is 2.46. The second kappa shape index (κ2) is 11.2. The Hall–Kier alpha value is -5.77. The number of rotatable bonds is 5. The van der Waals surface area contributed by atoms with Crippen molar-refractivity contribution < 1.29 is 4.11 Å². The van der Waals surface area contributed by atoms with Crippen LogP contribution in [-0.4, -0.2) is 9.55 Å². The molecule has 0 N–H and O–H groups in total. The molecular formula is C44H30N2S. The van der Waals surface area contributed by atoms with E-state index in [0.29, 0.717) is 5.56 Å². The smallest absolute Gasteiger partial charge is 0.147 e. The maximum absolute atomic E-state index is 7.89. The molecule has 0 atom stereocenters. The largest absolute Gasteiger partial charge is 0.292 e. The van der Waals surface area contributed by atoms with Crippen molar-refractivity contribution in [2.24, 2.45) is 0 Å². The second-order valence-electron chi connectivity index (χ2n) is 11.8. The number of thiophene rings is 1. The lowest BCUT2D eigenvalue weighted by Crippen LogP contribution is -1.98. The van der Waals surface area contributed by atoms with Crippen molar-refractivity contribution in [2.75, 3.05) is 0 Å². The Labute approximate surface area is 282 Å². The summed E-state index contributed by atoms with van der Waals surface area (Å²) in [6.07, 6.45) is 0. The molecule has 47 heavy (non-hydrogen) atoms. The van der Waals surface area contributed by atoms with Gasteiger partial charge in [0.2, 0.25) is 0 Å². The van der Waals surface area contributed by atoms with Crippen LogP contribution in [0.3, 0.4) is 0 Å². The maximum atomic E-state index is 7.89. The van der Waals surface area contributed by atoms with Crippen LogP contribution < -0.4 is 0 Å². The Morgan fingerprint density at radius 1 is 0.553 bits per heavy atom. The first-order valence-corrected chi connectivity index (χ1v) is 16.5. The number of hydrogen-bond donors (Lipinski definition) is 0. The van der Waals surface area contributed by atoms with Crippen LogP contribution in [0.1, 0.15) is 9.68 Å². The van der Waals surface area contributed by atoms with Crippen LogP contribution >= 0.6 is 11.3 Å². The van der Waals surface area contributed by atoms with E-state index in [1.165, 1.54) is 21.4 Å². The van der Waals surface area contributed by atoms with Gasteiger partial charge < -0.3 is 0 Å². The summed E-state index contributed by atoms with van der Waals surface area (Å²) in [5.41, 5.74) is 11.1. The van der Waals surface area contributed by atoms with E-state index in [1.54, 1.807) is 23.5 Å². The molecule has 0 aliphatic carbocycles. The number of para-hydroxylation sites is 2. The van der Waals surface area contributed by atoms with E-state index < -0.39 is 6.85 Å². The third-order valence-electron chi connectivity index (χ3n) is 8.96. The first kappa shape index (κ1) is 24.5. The quantitative estimate of drug-likeness (QED) is 0.187. The fourth-order valence-electron chi connectivity index (χ4n) is 6.66. The third-order valence-corrected chi connectivity index (χ3v) is 10.1. The Morgan fingerprint density at radius 3 is 1.91 bits per heavy atom. The highest BCUT2D eigenvalue weighted by Gasteiger charge is 2.21. The lowest BCUT2D eigenvalue weighted by Gasteiger charge is -2.13. The van der Waals surface area contributed by atoms with Gasteiger partial charge in [0.1, 0.15) is 5.82 Å². The van der Waals surface area contributed by atoms with Crippen molar-refractivity contribution in [3.63, 3.8) is 0 Å². The van der Waals surface area contributed by atoms with Crippen LogP contribution in [0.5, 0.6) is 0 Å². The van der Waals surface area contributed by atoms with Gasteiger partial charge in [-0.25, -0.2) is 4.98 Å². The predicted molar refractivity (Wildman–Crippen MR) is 200 cm³/mol.